The average Bonchev–Trinajstić information content (AvgIpc) is 2.34. The molecule has 1 fully saturated rings. The highest BCUT2D eigenvalue weighted by atomic mass is 35.5. The van der Waals surface area contributed by atoms with Crippen LogP contribution in [0.4, 0.5) is 0 Å². The number of carbonyl (C=O) groups excluding carboxylic acids is 1. The second-order valence-corrected chi connectivity index (χ2v) is 4.44. The van der Waals surface area contributed by atoms with Gasteiger partial charge in [0.25, 0.3) is 0 Å². The molecule has 1 aromatic carbocycles. The fraction of sp³-hybridized carbons (Fsp3) is 0.417. The molecule has 1 atom stereocenters. The van der Waals surface area contributed by atoms with E-state index >= 15 is 0 Å². The van der Waals surface area contributed by atoms with Gasteiger partial charge in [-0.1, -0.05) is 23.7 Å². The van der Waals surface area contributed by atoms with Crippen molar-refractivity contribution in [1.82, 2.24) is 4.90 Å². The van der Waals surface area contributed by atoms with Gasteiger partial charge in [0.15, 0.2) is 0 Å². The van der Waals surface area contributed by atoms with Gasteiger partial charge in [0.05, 0.1) is 19.3 Å². The molecule has 1 unspecified atom stereocenters. The largest absolute Gasteiger partial charge is 0.394 e. The van der Waals surface area contributed by atoms with Crippen LogP contribution in [0.15, 0.2) is 24.3 Å². The van der Waals surface area contributed by atoms with Gasteiger partial charge >= 0.3 is 0 Å². The summed E-state index contributed by atoms with van der Waals surface area (Å²) in [7, 11) is 0. The molecule has 0 aromatic heterocycles. The van der Waals surface area contributed by atoms with Gasteiger partial charge in [-0.2, -0.15) is 0 Å². The topological polar surface area (TPSA) is 49.8 Å². The van der Waals surface area contributed by atoms with Crippen LogP contribution in [0.5, 0.6) is 0 Å². The zero-order valence-electron chi connectivity index (χ0n) is 9.30. The second kappa shape index (κ2) is 5.49. The highest BCUT2D eigenvalue weighted by Gasteiger charge is 2.27. The SMILES string of the molecule is O=C1COCC(CO)N1Cc1ccc(Cl)cc1. The number of aliphatic hydroxyl groups excluding tert-OH is 1. The summed E-state index contributed by atoms with van der Waals surface area (Å²) in [5.41, 5.74) is 0.989. The van der Waals surface area contributed by atoms with Crippen molar-refractivity contribution in [2.75, 3.05) is 19.8 Å². The van der Waals surface area contributed by atoms with Crippen LogP contribution in [0.2, 0.25) is 5.02 Å². The van der Waals surface area contributed by atoms with E-state index < -0.39 is 0 Å². The van der Waals surface area contributed by atoms with Crippen LogP contribution in [0.3, 0.4) is 0 Å². The van der Waals surface area contributed by atoms with Crippen LogP contribution < -0.4 is 0 Å². The summed E-state index contributed by atoms with van der Waals surface area (Å²) in [5, 5.41) is 9.87. The molecule has 0 radical (unpaired) electrons. The van der Waals surface area contributed by atoms with E-state index in [1.807, 2.05) is 12.1 Å². The van der Waals surface area contributed by atoms with Gasteiger partial charge in [-0.05, 0) is 17.7 Å². The lowest BCUT2D eigenvalue weighted by Crippen LogP contribution is -2.50. The summed E-state index contributed by atoms with van der Waals surface area (Å²) in [5.74, 6) is -0.0924. The van der Waals surface area contributed by atoms with Gasteiger partial charge in [0.1, 0.15) is 6.61 Å². The fourth-order valence-electron chi connectivity index (χ4n) is 1.81. The van der Waals surface area contributed by atoms with E-state index in [1.54, 1.807) is 17.0 Å². The summed E-state index contributed by atoms with van der Waals surface area (Å²) in [6, 6.07) is 7.07. The molecule has 0 spiro atoms. The number of hydrogen-bond donors (Lipinski definition) is 1. The predicted molar refractivity (Wildman–Crippen MR) is 63.7 cm³/mol. The first-order valence-electron chi connectivity index (χ1n) is 5.43. The fourth-order valence-corrected chi connectivity index (χ4v) is 1.94. The summed E-state index contributed by atoms with van der Waals surface area (Å²) >= 11 is 5.80. The molecule has 1 aliphatic rings. The van der Waals surface area contributed by atoms with E-state index in [-0.39, 0.29) is 25.2 Å². The molecule has 17 heavy (non-hydrogen) atoms. The van der Waals surface area contributed by atoms with E-state index in [2.05, 4.69) is 0 Å². The van der Waals surface area contributed by atoms with Crippen molar-refractivity contribution in [2.45, 2.75) is 12.6 Å². The van der Waals surface area contributed by atoms with Gasteiger partial charge in [0, 0.05) is 11.6 Å². The Labute approximate surface area is 105 Å². The smallest absolute Gasteiger partial charge is 0.249 e. The molecule has 1 saturated heterocycles. The molecule has 0 aliphatic carbocycles. The van der Waals surface area contributed by atoms with Crippen molar-refractivity contribution in [3.05, 3.63) is 34.9 Å². The monoisotopic (exact) mass is 255 g/mol. The van der Waals surface area contributed by atoms with Crippen LogP contribution in [0, 0.1) is 0 Å². The van der Waals surface area contributed by atoms with Gasteiger partial charge < -0.3 is 14.7 Å². The average molecular weight is 256 g/mol. The highest BCUT2D eigenvalue weighted by molar-refractivity contribution is 6.30. The van der Waals surface area contributed by atoms with Crippen LogP contribution in [0.25, 0.3) is 0 Å². The van der Waals surface area contributed by atoms with Crippen molar-refractivity contribution in [3.63, 3.8) is 0 Å². The highest BCUT2D eigenvalue weighted by Crippen LogP contribution is 2.15. The van der Waals surface area contributed by atoms with Crippen molar-refractivity contribution < 1.29 is 14.6 Å². The lowest BCUT2D eigenvalue weighted by Gasteiger charge is -2.34. The molecule has 1 amide bonds. The number of nitrogens with zero attached hydrogens (tertiary/aromatic N) is 1. The maximum absolute atomic E-state index is 11.7. The Hall–Kier alpha value is -1.10. The molecule has 1 heterocycles. The Morgan fingerprint density at radius 1 is 1.41 bits per heavy atom. The van der Waals surface area contributed by atoms with E-state index in [0.717, 1.165) is 5.56 Å². The number of carbonyl (C=O) groups is 1. The third-order valence-corrected chi connectivity index (χ3v) is 3.03. The molecule has 2 rings (SSSR count). The molecule has 92 valence electrons. The number of rotatable bonds is 3. The predicted octanol–water partition coefficient (Wildman–Crippen LogP) is 1.06. The van der Waals surface area contributed by atoms with Crippen molar-refractivity contribution in [2.24, 2.45) is 0 Å². The number of aliphatic hydroxyl groups is 1. The van der Waals surface area contributed by atoms with E-state index in [4.69, 9.17) is 16.3 Å². The van der Waals surface area contributed by atoms with Crippen LogP contribution >= 0.6 is 11.6 Å². The summed E-state index contributed by atoms with van der Waals surface area (Å²) < 4.78 is 5.10. The number of halogens is 1. The minimum Gasteiger partial charge on any atom is -0.394 e. The number of hydrogen-bond acceptors (Lipinski definition) is 3. The lowest BCUT2D eigenvalue weighted by atomic mass is 10.1. The molecule has 4 nitrogen and oxygen atoms in total. The molecular formula is C12H14ClNO3. The molecule has 0 saturated carbocycles. The molecule has 5 heteroatoms. The first-order chi connectivity index (χ1) is 8.20. The maximum atomic E-state index is 11.7. The van der Waals surface area contributed by atoms with Gasteiger partial charge in [0.2, 0.25) is 5.91 Å². The van der Waals surface area contributed by atoms with E-state index in [0.29, 0.717) is 18.2 Å². The van der Waals surface area contributed by atoms with Gasteiger partial charge in [-0.3, -0.25) is 4.79 Å². The van der Waals surface area contributed by atoms with Crippen LogP contribution in [-0.2, 0) is 16.1 Å². The van der Waals surface area contributed by atoms with Gasteiger partial charge in [-0.15, -0.1) is 0 Å². The summed E-state index contributed by atoms with van der Waals surface area (Å²) in [6.07, 6.45) is 0. The van der Waals surface area contributed by atoms with E-state index in [9.17, 15) is 9.90 Å². The molecule has 1 aliphatic heterocycles. The standard InChI is InChI=1S/C12H14ClNO3/c13-10-3-1-9(2-4-10)5-14-11(6-15)7-17-8-12(14)16/h1-4,11,15H,5-8H2. The summed E-state index contributed by atoms with van der Waals surface area (Å²) in [4.78, 5) is 13.3. The number of benzene rings is 1. The Bertz CT molecular complexity index is 393. The van der Waals surface area contributed by atoms with Crippen molar-refractivity contribution in [1.29, 1.82) is 0 Å². The lowest BCUT2D eigenvalue weighted by molar-refractivity contribution is -0.151. The van der Waals surface area contributed by atoms with Crippen molar-refractivity contribution >= 4 is 17.5 Å². The maximum Gasteiger partial charge on any atom is 0.249 e. The molecule has 0 bridgehead atoms. The quantitative estimate of drug-likeness (QED) is 0.879. The Balaban J connectivity index is 2.09. The Morgan fingerprint density at radius 2 is 2.12 bits per heavy atom. The van der Waals surface area contributed by atoms with Crippen LogP contribution in [-0.4, -0.2) is 41.8 Å². The minimum atomic E-state index is -0.257. The first-order valence-corrected chi connectivity index (χ1v) is 5.81. The zero-order chi connectivity index (χ0) is 12.3. The molecule has 1 N–H and O–H groups in total. The third kappa shape index (κ3) is 2.97. The zero-order valence-corrected chi connectivity index (χ0v) is 10.1. The van der Waals surface area contributed by atoms with Crippen molar-refractivity contribution in [3.8, 4) is 0 Å². The number of ether oxygens (including phenoxy) is 1. The molecule has 1 aromatic rings. The minimum absolute atomic E-state index is 0.0840. The third-order valence-electron chi connectivity index (χ3n) is 2.77. The number of morpholine rings is 1. The van der Waals surface area contributed by atoms with Gasteiger partial charge in [-0.25, -0.2) is 0 Å². The normalized spacial score (nSPS) is 20.7. The first kappa shape index (κ1) is 12.4. The summed E-state index contributed by atoms with van der Waals surface area (Å²) in [6.45, 7) is 0.865. The second-order valence-electron chi connectivity index (χ2n) is 4.00. The Kier molecular flexibility index (Phi) is 3.99. The number of amides is 1. The Morgan fingerprint density at radius 3 is 2.76 bits per heavy atom. The van der Waals surface area contributed by atoms with Crippen LogP contribution in [0.1, 0.15) is 5.56 Å². The van der Waals surface area contributed by atoms with E-state index in [1.165, 1.54) is 0 Å². The molecular weight excluding hydrogens is 242 g/mol.